The summed E-state index contributed by atoms with van der Waals surface area (Å²) in [5.41, 5.74) is 0. The summed E-state index contributed by atoms with van der Waals surface area (Å²) in [5, 5.41) is 0. The maximum Gasteiger partial charge on any atom is 0.187 e. The predicted octanol–water partition coefficient (Wildman–Crippen LogP) is 4.56. The van der Waals surface area contributed by atoms with E-state index in [1.165, 1.54) is 32.1 Å². The Kier molecular flexibility index (Phi) is 9.28. The molecule has 0 N–H and O–H groups in total. The Labute approximate surface area is 103 Å². The summed E-state index contributed by atoms with van der Waals surface area (Å²) >= 11 is 0. The molecule has 0 radical (unpaired) electrons. The molecule has 0 aliphatic rings. The van der Waals surface area contributed by atoms with Crippen molar-refractivity contribution in [3.8, 4) is 0 Å². The molecular weight excluding hydrogens is 216 g/mol. The second kappa shape index (κ2) is 9.20. The average molecular weight is 246 g/mol. The molecule has 0 saturated carbocycles. The molecule has 1 unspecified atom stereocenters. The largest absolute Gasteiger partial charge is 0.393 e. The molecule has 0 spiro atoms. The first kappa shape index (κ1) is 16.1. The first-order valence-electron chi connectivity index (χ1n) is 6.79. The van der Waals surface area contributed by atoms with Crippen LogP contribution in [0.5, 0.6) is 0 Å². The third-order valence-electron chi connectivity index (χ3n) is 2.38. The van der Waals surface area contributed by atoms with Crippen molar-refractivity contribution in [2.75, 3.05) is 6.61 Å². The zero-order chi connectivity index (χ0) is 12.4. The molecule has 98 valence electrons. The molecule has 16 heavy (non-hydrogen) atoms. The van der Waals surface area contributed by atoms with Crippen LogP contribution in [0.3, 0.4) is 0 Å². The van der Waals surface area contributed by atoms with Crippen LogP contribution in [0.1, 0.15) is 52.4 Å². The minimum Gasteiger partial charge on any atom is -0.393 e. The average Bonchev–Trinajstić information content (AvgIpc) is 2.15. The molecule has 3 heteroatoms. The van der Waals surface area contributed by atoms with E-state index in [4.69, 9.17) is 9.16 Å². The van der Waals surface area contributed by atoms with Gasteiger partial charge in [-0.3, -0.25) is 0 Å². The van der Waals surface area contributed by atoms with Gasteiger partial charge in [-0.1, -0.05) is 32.6 Å². The standard InChI is InChI=1S/C13H30O2Si/c1-6-8-9-10-11-12-13(14-7-2)15-16(3,4)5/h13H,6-12H2,1-5H3. The molecule has 0 aromatic carbocycles. The Morgan fingerprint density at radius 2 is 1.56 bits per heavy atom. The lowest BCUT2D eigenvalue weighted by Gasteiger charge is -2.26. The molecule has 2 nitrogen and oxygen atoms in total. The lowest BCUT2D eigenvalue weighted by Crippen LogP contribution is -2.33. The third kappa shape index (κ3) is 10.6. The van der Waals surface area contributed by atoms with Crippen LogP contribution in [-0.4, -0.2) is 21.2 Å². The van der Waals surface area contributed by atoms with Crippen LogP contribution in [0.25, 0.3) is 0 Å². The van der Waals surface area contributed by atoms with E-state index >= 15 is 0 Å². The maximum absolute atomic E-state index is 6.00. The van der Waals surface area contributed by atoms with Gasteiger partial charge in [0, 0.05) is 6.61 Å². The first-order valence-corrected chi connectivity index (χ1v) is 10.2. The van der Waals surface area contributed by atoms with Crippen molar-refractivity contribution in [3.05, 3.63) is 0 Å². The number of hydrogen-bond donors (Lipinski definition) is 0. The molecule has 0 aromatic heterocycles. The molecule has 0 amide bonds. The second-order valence-corrected chi connectivity index (χ2v) is 9.78. The fourth-order valence-corrected chi connectivity index (χ4v) is 2.65. The van der Waals surface area contributed by atoms with E-state index in [-0.39, 0.29) is 6.29 Å². The van der Waals surface area contributed by atoms with Crippen LogP contribution in [0.15, 0.2) is 0 Å². The Morgan fingerprint density at radius 3 is 2.06 bits per heavy atom. The Balaban J connectivity index is 3.68. The summed E-state index contributed by atoms with van der Waals surface area (Å²) in [6, 6.07) is 0. The van der Waals surface area contributed by atoms with Crippen molar-refractivity contribution >= 4 is 8.32 Å². The summed E-state index contributed by atoms with van der Waals surface area (Å²) in [6.45, 7) is 11.7. The van der Waals surface area contributed by atoms with Gasteiger partial charge in [-0.15, -0.1) is 0 Å². The molecule has 0 heterocycles. The van der Waals surface area contributed by atoms with Crippen molar-refractivity contribution in [2.45, 2.75) is 78.3 Å². The Morgan fingerprint density at radius 1 is 0.938 bits per heavy atom. The van der Waals surface area contributed by atoms with Crippen LogP contribution in [0, 0.1) is 0 Å². The monoisotopic (exact) mass is 246 g/mol. The van der Waals surface area contributed by atoms with Crippen LogP contribution in [0.4, 0.5) is 0 Å². The number of rotatable bonds is 10. The van der Waals surface area contributed by atoms with Crippen LogP contribution >= 0.6 is 0 Å². The van der Waals surface area contributed by atoms with Gasteiger partial charge in [0.25, 0.3) is 0 Å². The molecule has 0 saturated heterocycles. The van der Waals surface area contributed by atoms with E-state index in [0.717, 1.165) is 13.0 Å². The summed E-state index contributed by atoms with van der Waals surface area (Å²) < 4.78 is 11.6. The zero-order valence-corrected chi connectivity index (χ0v) is 12.8. The smallest absolute Gasteiger partial charge is 0.187 e. The highest BCUT2D eigenvalue weighted by atomic mass is 28.4. The fraction of sp³-hybridized carbons (Fsp3) is 1.00. The molecule has 0 fully saturated rings. The molecule has 0 rings (SSSR count). The van der Waals surface area contributed by atoms with Crippen LogP contribution < -0.4 is 0 Å². The van der Waals surface area contributed by atoms with Gasteiger partial charge in [0.05, 0.1) is 0 Å². The van der Waals surface area contributed by atoms with Crippen molar-refractivity contribution in [3.63, 3.8) is 0 Å². The zero-order valence-electron chi connectivity index (χ0n) is 11.8. The summed E-state index contributed by atoms with van der Waals surface area (Å²) in [6.07, 6.45) is 7.65. The number of unbranched alkanes of at least 4 members (excludes halogenated alkanes) is 4. The SMILES string of the molecule is CCCCCCCC(OCC)O[Si](C)(C)C. The molecule has 0 aromatic rings. The van der Waals surface area contributed by atoms with Crippen LogP contribution in [0.2, 0.25) is 19.6 Å². The van der Waals surface area contributed by atoms with Gasteiger partial charge in [0.2, 0.25) is 0 Å². The van der Waals surface area contributed by atoms with E-state index < -0.39 is 8.32 Å². The second-order valence-electron chi connectivity index (χ2n) is 5.32. The van der Waals surface area contributed by atoms with Crippen molar-refractivity contribution in [1.82, 2.24) is 0 Å². The predicted molar refractivity (Wildman–Crippen MR) is 73.2 cm³/mol. The topological polar surface area (TPSA) is 18.5 Å². The quantitative estimate of drug-likeness (QED) is 0.319. The Hall–Kier alpha value is 0.137. The van der Waals surface area contributed by atoms with Crippen molar-refractivity contribution in [2.24, 2.45) is 0 Å². The lowest BCUT2D eigenvalue weighted by atomic mass is 10.1. The lowest BCUT2D eigenvalue weighted by molar-refractivity contribution is -0.0862. The van der Waals surface area contributed by atoms with E-state index in [9.17, 15) is 0 Å². The summed E-state index contributed by atoms with van der Waals surface area (Å²) in [7, 11) is -1.46. The van der Waals surface area contributed by atoms with Gasteiger partial charge in [-0.05, 0) is 39.4 Å². The molecule has 0 bridgehead atoms. The van der Waals surface area contributed by atoms with Gasteiger partial charge in [0.15, 0.2) is 8.32 Å². The summed E-state index contributed by atoms with van der Waals surface area (Å²) in [5.74, 6) is 0. The molecule has 1 atom stereocenters. The molecule has 0 aliphatic heterocycles. The number of hydrogen-bond acceptors (Lipinski definition) is 2. The first-order chi connectivity index (χ1) is 7.49. The highest BCUT2D eigenvalue weighted by Gasteiger charge is 2.20. The van der Waals surface area contributed by atoms with Gasteiger partial charge < -0.3 is 9.16 Å². The van der Waals surface area contributed by atoms with Gasteiger partial charge in [0.1, 0.15) is 6.29 Å². The normalized spacial score (nSPS) is 14.1. The summed E-state index contributed by atoms with van der Waals surface area (Å²) in [4.78, 5) is 0. The number of ether oxygens (including phenoxy) is 1. The van der Waals surface area contributed by atoms with Crippen molar-refractivity contribution < 1.29 is 9.16 Å². The van der Waals surface area contributed by atoms with Crippen LogP contribution in [-0.2, 0) is 9.16 Å². The van der Waals surface area contributed by atoms with E-state index in [1.54, 1.807) is 0 Å². The fourth-order valence-electron chi connectivity index (χ4n) is 1.67. The highest BCUT2D eigenvalue weighted by Crippen LogP contribution is 2.15. The van der Waals surface area contributed by atoms with Gasteiger partial charge in [-0.2, -0.15) is 0 Å². The minimum absolute atomic E-state index is 0.0401. The van der Waals surface area contributed by atoms with E-state index in [2.05, 4.69) is 26.6 Å². The van der Waals surface area contributed by atoms with E-state index in [1.807, 2.05) is 6.92 Å². The molecular formula is C13H30O2Si. The third-order valence-corrected chi connectivity index (χ3v) is 3.35. The Bertz CT molecular complexity index is 155. The van der Waals surface area contributed by atoms with Gasteiger partial charge in [-0.25, -0.2) is 0 Å². The van der Waals surface area contributed by atoms with Crippen molar-refractivity contribution in [1.29, 1.82) is 0 Å². The maximum atomic E-state index is 6.00. The van der Waals surface area contributed by atoms with E-state index in [0.29, 0.717) is 0 Å². The highest BCUT2D eigenvalue weighted by molar-refractivity contribution is 6.69. The molecule has 0 aliphatic carbocycles. The minimum atomic E-state index is -1.46. The van der Waals surface area contributed by atoms with Gasteiger partial charge >= 0.3 is 0 Å².